The molecular formula is C12H17NO4S. The highest BCUT2D eigenvalue weighted by atomic mass is 32.1. The first kappa shape index (κ1) is 14.7. The van der Waals surface area contributed by atoms with Gasteiger partial charge in [0, 0.05) is 11.3 Å². The van der Waals surface area contributed by atoms with Crippen LogP contribution in [0.5, 0.6) is 0 Å². The Bertz CT molecular complexity index is 435. The van der Waals surface area contributed by atoms with Crippen molar-refractivity contribution in [3.63, 3.8) is 0 Å². The number of carboxylic acids is 1. The summed E-state index contributed by atoms with van der Waals surface area (Å²) in [5.41, 5.74) is 2.90. The molecule has 0 aromatic carbocycles. The number of hydrogen-bond donors (Lipinski definition) is 2. The monoisotopic (exact) mass is 271 g/mol. The lowest BCUT2D eigenvalue weighted by atomic mass is 9.95. The minimum atomic E-state index is -2.04. The maximum atomic E-state index is 11.9. The first-order valence-corrected chi connectivity index (χ1v) is 6.31. The van der Waals surface area contributed by atoms with Crippen molar-refractivity contribution in [1.82, 2.24) is 0 Å². The van der Waals surface area contributed by atoms with Crippen LogP contribution in [0.25, 0.3) is 0 Å². The summed E-state index contributed by atoms with van der Waals surface area (Å²) in [7, 11) is 0. The van der Waals surface area contributed by atoms with E-state index in [-0.39, 0.29) is 6.42 Å². The second kappa shape index (κ2) is 5.07. The summed E-state index contributed by atoms with van der Waals surface area (Å²) in [6.45, 7) is 4.99. The Balaban J connectivity index is 2.93. The van der Waals surface area contributed by atoms with Crippen LogP contribution in [0.15, 0.2) is 17.5 Å². The molecule has 0 unspecified atom stereocenters. The van der Waals surface area contributed by atoms with Crippen LogP contribution >= 0.6 is 11.3 Å². The summed E-state index contributed by atoms with van der Waals surface area (Å²) in [4.78, 5) is 23.9. The van der Waals surface area contributed by atoms with Crippen LogP contribution in [0, 0.1) is 0 Å². The summed E-state index contributed by atoms with van der Waals surface area (Å²) in [5, 5.41) is 11.0. The molecule has 100 valence electrons. The highest BCUT2D eigenvalue weighted by molar-refractivity contribution is 7.09. The zero-order chi connectivity index (χ0) is 14.0. The van der Waals surface area contributed by atoms with Gasteiger partial charge < -0.3 is 15.6 Å². The average molecular weight is 271 g/mol. The molecule has 0 fully saturated rings. The van der Waals surface area contributed by atoms with Crippen molar-refractivity contribution < 1.29 is 19.4 Å². The molecule has 3 N–H and O–H groups in total. The molecule has 5 nitrogen and oxygen atoms in total. The summed E-state index contributed by atoms with van der Waals surface area (Å²) in [6, 6.07) is 3.51. The molecule has 0 radical (unpaired) electrons. The maximum Gasteiger partial charge on any atom is 0.338 e. The topological polar surface area (TPSA) is 89.6 Å². The van der Waals surface area contributed by atoms with Gasteiger partial charge in [-0.3, -0.25) is 0 Å². The number of aliphatic carboxylic acids is 1. The Kier molecular flexibility index (Phi) is 4.13. The molecule has 1 atom stereocenters. The van der Waals surface area contributed by atoms with E-state index < -0.39 is 23.1 Å². The number of thiophene rings is 1. The number of rotatable bonds is 4. The normalized spacial score (nSPS) is 14.9. The van der Waals surface area contributed by atoms with E-state index in [1.54, 1.807) is 38.3 Å². The van der Waals surface area contributed by atoms with Crippen LogP contribution in [0.3, 0.4) is 0 Å². The van der Waals surface area contributed by atoms with E-state index in [0.29, 0.717) is 0 Å². The average Bonchev–Trinajstić information content (AvgIpc) is 2.66. The molecule has 0 aliphatic heterocycles. The van der Waals surface area contributed by atoms with Crippen molar-refractivity contribution in [3.8, 4) is 0 Å². The van der Waals surface area contributed by atoms with E-state index in [1.165, 1.54) is 11.3 Å². The molecule has 0 amide bonds. The zero-order valence-corrected chi connectivity index (χ0v) is 11.4. The molecule has 0 spiro atoms. The van der Waals surface area contributed by atoms with E-state index in [1.807, 2.05) is 0 Å². The molecule has 0 saturated heterocycles. The number of ether oxygens (including phenoxy) is 1. The molecular weight excluding hydrogens is 254 g/mol. The van der Waals surface area contributed by atoms with E-state index in [9.17, 15) is 14.7 Å². The smallest absolute Gasteiger partial charge is 0.338 e. The minimum Gasteiger partial charge on any atom is -0.479 e. The highest BCUT2D eigenvalue weighted by Crippen LogP contribution is 2.20. The number of carboxylic acid groups (broad SMARTS) is 1. The number of nitrogens with two attached hydrogens (primary N) is 1. The number of esters is 1. The lowest BCUT2D eigenvalue weighted by molar-refractivity contribution is -0.169. The molecule has 1 aromatic rings. The van der Waals surface area contributed by atoms with Crippen LogP contribution in [-0.2, 0) is 20.7 Å². The third-order valence-corrected chi connectivity index (χ3v) is 3.05. The Morgan fingerprint density at radius 3 is 2.44 bits per heavy atom. The largest absolute Gasteiger partial charge is 0.479 e. The summed E-state index contributed by atoms with van der Waals surface area (Å²) < 4.78 is 5.07. The van der Waals surface area contributed by atoms with E-state index in [2.05, 4.69) is 0 Å². The summed E-state index contributed by atoms with van der Waals surface area (Å²) in [5.74, 6) is -2.30. The Hall–Kier alpha value is -1.40. The van der Waals surface area contributed by atoms with Gasteiger partial charge >= 0.3 is 11.9 Å². The van der Waals surface area contributed by atoms with Gasteiger partial charge in [-0.15, -0.1) is 11.3 Å². The van der Waals surface area contributed by atoms with Gasteiger partial charge in [0.2, 0.25) is 5.54 Å². The van der Waals surface area contributed by atoms with Gasteiger partial charge in [-0.2, -0.15) is 0 Å². The van der Waals surface area contributed by atoms with Gasteiger partial charge in [-0.25, -0.2) is 9.59 Å². The number of carbonyl (C=O) groups is 2. The van der Waals surface area contributed by atoms with E-state index >= 15 is 0 Å². The zero-order valence-electron chi connectivity index (χ0n) is 10.6. The highest BCUT2D eigenvalue weighted by Gasteiger charge is 2.45. The number of carbonyl (C=O) groups excluding carboxylic acids is 1. The van der Waals surface area contributed by atoms with Crippen molar-refractivity contribution in [2.75, 3.05) is 0 Å². The maximum absolute atomic E-state index is 11.9. The summed E-state index contributed by atoms with van der Waals surface area (Å²) in [6.07, 6.45) is -0.0745. The van der Waals surface area contributed by atoms with Gasteiger partial charge in [-0.05, 0) is 32.2 Å². The van der Waals surface area contributed by atoms with Crippen molar-refractivity contribution in [2.24, 2.45) is 5.73 Å². The first-order valence-electron chi connectivity index (χ1n) is 5.43. The third-order valence-electron chi connectivity index (χ3n) is 2.18. The Labute approximate surface area is 110 Å². The molecule has 6 heteroatoms. The number of hydrogen-bond acceptors (Lipinski definition) is 5. The van der Waals surface area contributed by atoms with Gasteiger partial charge in [-0.1, -0.05) is 6.07 Å². The molecule has 1 rings (SSSR count). The SMILES string of the molecule is CC(C)(C)OC(=O)[C@@](N)(Cc1cccs1)C(=O)O. The lowest BCUT2D eigenvalue weighted by Crippen LogP contribution is -2.58. The van der Waals surface area contributed by atoms with Crippen LogP contribution in [0.2, 0.25) is 0 Å². The third kappa shape index (κ3) is 3.54. The molecule has 0 aliphatic rings. The Morgan fingerprint density at radius 2 is 2.06 bits per heavy atom. The van der Waals surface area contributed by atoms with Crippen LogP contribution in [-0.4, -0.2) is 28.2 Å². The second-order valence-electron chi connectivity index (χ2n) is 5.03. The fraction of sp³-hybridized carbons (Fsp3) is 0.500. The van der Waals surface area contributed by atoms with Crippen molar-refractivity contribution in [2.45, 2.75) is 38.3 Å². The predicted octanol–water partition coefficient (Wildman–Crippen LogP) is 1.41. The molecule has 0 aliphatic carbocycles. The van der Waals surface area contributed by atoms with Crippen LogP contribution < -0.4 is 5.73 Å². The first-order chi connectivity index (χ1) is 8.15. The van der Waals surface area contributed by atoms with Crippen LogP contribution in [0.4, 0.5) is 0 Å². The fourth-order valence-corrected chi connectivity index (χ4v) is 2.09. The van der Waals surface area contributed by atoms with Crippen LogP contribution in [0.1, 0.15) is 25.6 Å². The standard InChI is InChI=1S/C12H17NO4S/c1-11(2,3)17-10(16)12(13,9(14)15)7-8-5-4-6-18-8/h4-6H,7,13H2,1-3H3,(H,14,15)/t12-/m1/s1. The predicted molar refractivity (Wildman–Crippen MR) is 68.4 cm³/mol. The molecule has 1 aromatic heterocycles. The van der Waals surface area contributed by atoms with E-state index in [4.69, 9.17) is 10.5 Å². The molecule has 1 heterocycles. The van der Waals surface area contributed by atoms with Gasteiger partial charge in [0.1, 0.15) is 5.60 Å². The minimum absolute atomic E-state index is 0.0745. The molecule has 0 saturated carbocycles. The Morgan fingerprint density at radius 1 is 1.44 bits per heavy atom. The molecule has 0 bridgehead atoms. The quantitative estimate of drug-likeness (QED) is 0.638. The van der Waals surface area contributed by atoms with Crippen molar-refractivity contribution in [3.05, 3.63) is 22.4 Å². The summed E-state index contributed by atoms with van der Waals surface area (Å²) >= 11 is 1.35. The van der Waals surface area contributed by atoms with Gasteiger partial charge in [0.05, 0.1) is 0 Å². The van der Waals surface area contributed by atoms with Gasteiger partial charge in [0.15, 0.2) is 0 Å². The molecule has 18 heavy (non-hydrogen) atoms. The van der Waals surface area contributed by atoms with Gasteiger partial charge in [0.25, 0.3) is 0 Å². The second-order valence-corrected chi connectivity index (χ2v) is 6.07. The van der Waals surface area contributed by atoms with Crippen molar-refractivity contribution >= 4 is 23.3 Å². The fourth-order valence-electron chi connectivity index (χ4n) is 1.29. The van der Waals surface area contributed by atoms with Crippen molar-refractivity contribution in [1.29, 1.82) is 0 Å². The lowest BCUT2D eigenvalue weighted by Gasteiger charge is -2.27. The van der Waals surface area contributed by atoms with E-state index in [0.717, 1.165) is 4.88 Å².